The molecule has 0 aliphatic rings. The molecule has 0 heterocycles. The lowest BCUT2D eigenvalue weighted by molar-refractivity contribution is -0.138. The highest BCUT2D eigenvalue weighted by Gasteiger charge is 2.01. The molecule has 0 radical (unpaired) electrons. The molecule has 174 valence electrons. The monoisotopic (exact) mass is 422 g/mol. The molecule has 0 N–H and O–H groups in total. The van der Waals surface area contributed by atoms with Gasteiger partial charge in [-0.15, -0.1) is 0 Å². The lowest BCUT2D eigenvalue weighted by Crippen LogP contribution is -2.06. The van der Waals surface area contributed by atoms with E-state index >= 15 is 0 Å². The van der Waals surface area contributed by atoms with Gasteiger partial charge in [-0.1, -0.05) is 117 Å². The van der Waals surface area contributed by atoms with Crippen LogP contribution in [-0.4, -0.2) is 25.2 Å². The lowest BCUT2D eigenvalue weighted by atomic mass is 10.1. The van der Waals surface area contributed by atoms with Crippen LogP contribution in [0.5, 0.6) is 0 Å². The molecule has 0 amide bonds. The third kappa shape index (κ3) is 22.8. The molecule has 0 aliphatic carbocycles. The molecule has 0 rings (SSSR count). The summed E-state index contributed by atoms with van der Waals surface area (Å²) in [6.07, 6.45) is 21.9. The first kappa shape index (κ1) is 28.5. The van der Waals surface area contributed by atoms with E-state index in [0.29, 0.717) is 13.2 Å². The molecule has 0 aromatic rings. The molecule has 4 heteroatoms. The summed E-state index contributed by atoms with van der Waals surface area (Å²) in [5, 5.41) is 0. The fourth-order valence-corrected chi connectivity index (χ4v) is 3.33. The fourth-order valence-electron chi connectivity index (χ4n) is 3.33. The Morgan fingerprint density at radius 3 is 1.03 bits per heavy atom. The van der Waals surface area contributed by atoms with Crippen LogP contribution in [0.25, 0.3) is 0 Å². The van der Waals surface area contributed by atoms with Gasteiger partial charge in [-0.3, -0.25) is 0 Å². The zero-order valence-electron chi connectivity index (χ0n) is 19.8. The van der Waals surface area contributed by atoms with E-state index in [2.05, 4.69) is 25.7 Å². The van der Waals surface area contributed by atoms with Gasteiger partial charge in [-0.25, -0.2) is 9.59 Å². The van der Waals surface area contributed by atoms with Crippen LogP contribution >= 0.6 is 0 Å². The van der Waals surface area contributed by atoms with Gasteiger partial charge in [0.15, 0.2) is 0 Å². The molecular formula is C26H46O4. The molecule has 0 aromatic heterocycles. The van der Waals surface area contributed by atoms with Gasteiger partial charge in [0.2, 0.25) is 0 Å². The standard InChI is InChI=1S/C26H46O4/c1-3-5-7-9-11-13-15-17-19-23-29-25(27)21-22-26(28)30-24-20-18-16-14-12-10-8-6-4-2/h3-20,23-24H2,1-2H3. The summed E-state index contributed by atoms with van der Waals surface area (Å²) >= 11 is 0. The van der Waals surface area contributed by atoms with Gasteiger partial charge >= 0.3 is 11.9 Å². The molecule has 30 heavy (non-hydrogen) atoms. The highest BCUT2D eigenvalue weighted by Crippen LogP contribution is 2.10. The van der Waals surface area contributed by atoms with Crippen molar-refractivity contribution >= 4 is 11.9 Å². The SMILES string of the molecule is CCCCCCCCCCCOC(=O)C#CC(=O)OCCCCCCCCCCC. The second-order valence-electron chi connectivity index (χ2n) is 8.18. The van der Waals surface area contributed by atoms with Crippen LogP contribution in [-0.2, 0) is 19.1 Å². The molecule has 0 spiro atoms. The number of hydrogen-bond acceptors (Lipinski definition) is 4. The van der Waals surface area contributed by atoms with Crippen molar-refractivity contribution in [1.29, 1.82) is 0 Å². The zero-order valence-corrected chi connectivity index (χ0v) is 19.8. The van der Waals surface area contributed by atoms with E-state index in [0.717, 1.165) is 25.7 Å². The predicted octanol–water partition coefficient (Wildman–Crippen LogP) is 7.14. The van der Waals surface area contributed by atoms with Crippen LogP contribution in [0.2, 0.25) is 0 Å². The van der Waals surface area contributed by atoms with Gasteiger partial charge in [0.05, 0.1) is 13.2 Å². The van der Waals surface area contributed by atoms with Crippen molar-refractivity contribution in [1.82, 2.24) is 0 Å². The van der Waals surface area contributed by atoms with Crippen molar-refractivity contribution in [3.8, 4) is 11.8 Å². The number of carbonyl (C=O) groups excluding carboxylic acids is 2. The summed E-state index contributed by atoms with van der Waals surface area (Å²) in [5.74, 6) is 3.14. The van der Waals surface area contributed by atoms with Crippen molar-refractivity contribution < 1.29 is 19.1 Å². The van der Waals surface area contributed by atoms with Gasteiger partial charge in [0, 0.05) is 11.8 Å². The number of carbonyl (C=O) groups is 2. The summed E-state index contributed by atoms with van der Waals surface area (Å²) in [5.41, 5.74) is 0. The molecule has 0 aromatic carbocycles. The third-order valence-electron chi connectivity index (χ3n) is 5.23. The van der Waals surface area contributed by atoms with Crippen molar-refractivity contribution in [3.05, 3.63) is 0 Å². The Hall–Kier alpha value is -1.50. The molecule has 0 unspecified atom stereocenters. The summed E-state index contributed by atoms with van der Waals surface area (Å²) in [6.45, 7) is 5.20. The van der Waals surface area contributed by atoms with E-state index < -0.39 is 11.9 Å². The van der Waals surface area contributed by atoms with Gasteiger partial charge < -0.3 is 9.47 Å². The molecule has 0 aliphatic heterocycles. The van der Waals surface area contributed by atoms with Crippen molar-refractivity contribution in [2.75, 3.05) is 13.2 Å². The number of esters is 2. The Morgan fingerprint density at radius 1 is 0.467 bits per heavy atom. The van der Waals surface area contributed by atoms with Gasteiger partial charge in [-0.2, -0.15) is 0 Å². The third-order valence-corrected chi connectivity index (χ3v) is 5.23. The minimum Gasteiger partial charge on any atom is -0.456 e. The Balaban J connectivity index is 3.45. The topological polar surface area (TPSA) is 52.6 Å². The largest absolute Gasteiger partial charge is 0.456 e. The van der Waals surface area contributed by atoms with Gasteiger partial charge in [0.1, 0.15) is 0 Å². The van der Waals surface area contributed by atoms with E-state index in [4.69, 9.17) is 9.47 Å². The summed E-state index contributed by atoms with van der Waals surface area (Å²) in [6, 6.07) is 0. The molecule has 0 bridgehead atoms. The molecule has 0 atom stereocenters. The predicted molar refractivity (Wildman–Crippen MR) is 124 cm³/mol. The summed E-state index contributed by atoms with van der Waals surface area (Å²) < 4.78 is 10.1. The smallest absolute Gasteiger partial charge is 0.384 e. The first-order valence-electron chi connectivity index (χ1n) is 12.6. The van der Waals surface area contributed by atoms with Crippen molar-refractivity contribution in [3.63, 3.8) is 0 Å². The number of rotatable bonds is 20. The van der Waals surface area contributed by atoms with Crippen LogP contribution in [0.1, 0.15) is 129 Å². The minimum absolute atomic E-state index is 0.372. The van der Waals surface area contributed by atoms with E-state index in [9.17, 15) is 9.59 Å². The fraction of sp³-hybridized carbons (Fsp3) is 0.846. The molecule has 0 fully saturated rings. The number of unbranched alkanes of at least 4 members (excludes halogenated alkanes) is 16. The lowest BCUT2D eigenvalue weighted by Gasteiger charge is -2.03. The Kier molecular flexibility index (Phi) is 22.6. The van der Waals surface area contributed by atoms with Crippen LogP contribution < -0.4 is 0 Å². The molecule has 0 saturated heterocycles. The van der Waals surface area contributed by atoms with E-state index in [-0.39, 0.29) is 0 Å². The van der Waals surface area contributed by atoms with Crippen LogP contribution in [0.4, 0.5) is 0 Å². The summed E-state index contributed by atoms with van der Waals surface area (Å²) in [7, 11) is 0. The highest BCUT2D eigenvalue weighted by atomic mass is 16.5. The maximum Gasteiger partial charge on any atom is 0.384 e. The van der Waals surface area contributed by atoms with Gasteiger partial charge in [0.25, 0.3) is 0 Å². The van der Waals surface area contributed by atoms with E-state index in [1.807, 2.05) is 0 Å². The van der Waals surface area contributed by atoms with Gasteiger partial charge in [-0.05, 0) is 12.8 Å². The molecular weight excluding hydrogens is 376 g/mol. The average molecular weight is 423 g/mol. The Bertz CT molecular complexity index is 421. The second kappa shape index (κ2) is 23.8. The first-order valence-corrected chi connectivity index (χ1v) is 12.6. The summed E-state index contributed by atoms with van der Waals surface area (Å²) in [4.78, 5) is 23.0. The normalized spacial score (nSPS) is 10.3. The van der Waals surface area contributed by atoms with E-state index in [1.165, 1.54) is 89.9 Å². The Morgan fingerprint density at radius 2 is 0.733 bits per heavy atom. The molecule has 0 saturated carbocycles. The van der Waals surface area contributed by atoms with E-state index in [1.54, 1.807) is 0 Å². The Labute approximate surface area is 185 Å². The zero-order chi connectivity index (χ0) is 22.1. The van der Waals surface area contributed by atoms with Crippen molar-refractivity contribution in [2.24, 2.45) is 0 Å². The van der Waals surface area contributed by atoms with Crippen LogP contribution in [0.15, 0.2) is 0 Å². The average Bonchev–Trinajstić information content (AvgIpc) is 2.75. The van der Waals surface area contributed by atoms with Crippen LogP contribution in [0.3, 0.4) is 0 Å². The highest BCUT2D eigenvalue weighted by molar-refractivity contribution is 5.98. The second-order valence-corrected chi connectivity index (χ2v) is 8.18. The van der Waals surface area contributed by atoms with Crippen LogP contribution in [0, 0.1) is 11.8 Å². The maximum atomic E-state index is 11.5. The van der Waals surface area contributed by atoms with Crippen molar-refractivity contribution in [2.45, 2.75) is 129 Å². The minimum atomic E-state index is -0.644. The first-order chi connectivity index (χ1) is 14.7. The number of ether oxygens (including phenoxy) is 2. The maximum absolute atomic E-state index is 11.5. The quantitative estimate of drug-likeness (QED) is 0.0905. The molecule has 4 nitrogen and oxygen atoms in total. The number of hydrogen-bond donors (Lipinski definition) is 0.